The van der Waals surface area contributed by atoms with E-state index in [0.717, 1.165) is 12.0 Å². The molecule has 10 nitrogen and oxygen atoms in total. The van der Waals surface area contributed by atoms with Gasteiger partial charge in [-0.15, -0.1) is 0 Å². The van der Waals surface area contributed by atoms with E-state index in [1.54, 1.807) is 36.5 Å². The van der Waals surface area contributed by atoms with Crippen molar-refractivity contribution in [1.82, 2.24) is 10.4 Å². The molecule has 2 aromatic rings. The van der Waals surface area contributed by atoms with Gasteiger partial charge < -0.3 is 21.2 Å². The highest BCUT2D eigenvalue weighted by atomic mass is 16.6. The fourth-order valence-electron chi connectivity index (χ4n) is 3.21. The summed E-state index contributed by atoms with van der Waals surface area (Å²) < 4.78 is 11.0. The Hall–Kier alpha value is -3.34. The highest BCUT2D eigenvalue weighted by molar-refractivity contribution is 6.43. The van der Waals surface area contributed by atoms with Crippen LogP contribution in [-0.4, -0.2) is 47.7 Å². The van der Waals surface area contributed by atoms with Crippen molar-refractivity contribution in [3.8, 4) is 0 Å². The zero-order valence-electron chi connectivity index (χ0n) is 16.4. The Morgan fingerprint density at radius 1 is 1.17 bits per heavy atom. The van der Waals surface area contributed by atoms with Crippen LogP contribution < -0.4 is 23.0 Å². The summed E-state index contributed by atoms with van der Waals surface area (Å²) in [7, 11) is 0. The number of esters is 1. The lowest BCUT2D eigenvalue weighted by Gasteiger charge is -2.28. The van der Waals surface area contributed by atoms with E-state index in [1.807, 2.05) is 12.1 Å². The fourth-order valence-corrected chi connectivity index (χ4v) is 3.21. The second-order valence-corrected chi connectivity index (χ2v) is 6.73. The average molecular weight is 411 g/mol. The van der Waals surface area contributed by atoms with Gasteiger partial charge in [-0.1, -0.05) is 30.3 Å². The molecule has 3 rings (SSSR count). The number of rotatable bonds is 7. The van der Waals surface area contributed by atoms with Gasteiger partial charge in [-0.05, 0) is 25.0 Å². The number of ether oxygens (including phenoxy) is 2. The number of hydrogen-bond acceptors (Lipinski definition) is 10. The van der Waals surface area contributed by atoms with Gasteiger partial charge >= 0.3 is 5.97 Å². The molecule has 0 saturated carbocycles. The van der Waals surface area contributed by atoms with Crippen LogP contribution in [0.3, 0.4) is 0 Å². The van der Waals surface area contributed by atoms with Crippen molar-refractivity contribution in [3.05, 3.63) is 65.5 Å². The molecule has 30 heavy (non-hydrogen) atoms. The maximum Gasteiger partial charge on any atom is 0.359 e. The van der Waals surface area contributed by atoms with Gasteiger partial charge in [-0.3, -0.25) is 16.3 Å². The van der Waals surface area contributed by atoms with E-state index in [4.69, 9.17) is 27.0 Å². The molecule has 10 heteroatoms. The summed E-state index contributed by atoms with van der Waals surface area (Å²) in [6.07, 6.45) is 2.90. The zero-order valence-corrected chi connectivity index (χ0v) is 16.4. The quantitative estimate of drug-likeness (QED) is 0.214. The third-order valence-electron chi connectivity index (χ3n) is 4.79. The smallest absolute Gasteiger partial charge is 0.359 e. The molecule has 1 fully saturated rings. The summed E-state index contributed by atoms with van der Waals surface area (Å²) in [5, 5.41) is 7.44. The fraction of sp³-hybridized carbons (Fsp3) is 0.300. The Morgan fingerprint density at radius 2 is 1.93 bits per heavy atom. The van der Waals surface area contributed by atoms with Crippen LogP contribution in [0.2, 0.25) is 0 Å². The first kappa shape index (κ1) is 21.4. The molecule has 2 atom stereocenters. The van der Waals surface area contributed by atoms with Crippen molar-refractivity contribution in [2.75, 3.05) is 13.2 Å². The molecule has 1 aliphatic rings. The Morgan fingerprint density at radius 3 is 2.57 bits per heavy atom. The van der Waals surface area contributed by atoms with Crippen LogP contribution in [0.1, 0.15) is 29.7 Å². The lowest BCUT2D eigenvalue weighted by Crippen LogP contribution is -2.44. The number of nitrogens with two attached hydrogens (primary N) is 3. The molecule has 0 spiro atoms. The Balaban J connectivity index is 1.66. The Kier molecular flexibility index (Phi) is 7.44. The second-order valence-electron chi connectivity index (χ2n) is 6.73. The standard InChI is InChI=1S/C20H25N7O3/c21-25-15-8-10-29-16(11-15)12-30-20(28)19(27-23)14-6-4-13(5-7-14)18(26-22)17-3-1-2-9-24-17/h1-7,9,15-16,25H,8,10-12,21-23H2/b26-18+,27-19+. The van der Waals surface area contributed by atoms with Crippen LogP contribution in [-0.2, 0) is 14.3 Å². The van der Waals surface area contributed by atoms with Crippen LogP contribution in [0, 0.1) is 0 Å². The van der Waals surface area contributed by atoms with Crippen LogP contribution in [0.15, 0.2) is 58.9 Å². The van der Waals surface area contributed by atoms with Crippen molar-refractivity contribution in [1.29, 1.82) is 0 Å². The molecule has 1 aromatic heterocycles. The summed E-state index contributed by atoms with van der Waals surface area (Å²) in [6, 6.07) is 12.5. The van der Waals surface area contributed by atoms with E-state index in [0.29, 0.717) is 30.0 Å². The number of carbonyl (C=O) groups is 1. The minimum Gasteiger partial charge on any atom is -0.458 e. The molecule has 2 heterocycles. The van der Waals surface area contributed by atoms with E-state index in [1.165, 1.54) is 0 Å². The van der Waals surface area contributed by atoms with Gasteiger partial charge in [-0.2, -0.15) is 10.2 Å². The molecular formula is C20H25N7O3. The highest BCUT2D eigenvalue weighted by Gasteiger charge is 2.24. The van der Waals surface area contributed by atoms with Gasteiger partial charge in [0.2, 0.25) is 0 Å². The lowest BCUT2D eigenvalue weighted by atomic mass is 10.0. The van der Waals surface area contributed by atoms with Crippen LogP contribution >= 0.6 is 0 Å². The van der Waals surface area contributed by atoms with E-state index in [9.17, 15) is 4.79 Å². The summed E-state index contributed by atoms with van der Waals surface area (Å²) in [5.41, 5.74) is 5.14. The van der Waals surface area contributed by atoms with Crippen LogP contribution in [0.4, 0.5) is 0 Å². The second kappa shape index (κ2) is 10.4. The molecular weight excluding hydrogens is 386 g/mol. The SMILES string of the molecule is N/N=C(/C(=O)OCC1CC(NN)CCO1)c1ccc(/C(=N\N)c2ccccn2)cc1. The average Bonchev–Trinajstić information content (AvgIpc) is 2.80. The summed E-state index contributed by atoms with van der Waals surface area (Å²) in [5.74, 6) is 15.8. The topological polar surface area (TPSA) is 163 Å². The molecule has 0 radical (unpaired) electrons. The van der Waals surface area contributed by atoms with Gasteiger partial charge in [0, 0.05) is 30.0 Å². The Labute approximate surface area is 174 Å². The first-order chi connectivity index (χ1) is 14.7. The molecule has 1 saturated heterocycles. The summed E-state index contributed by atoms with van der Waals surface area (Å²) >= 11 is 0. The van der Waals surface area contributed by atoms with E-state index in [2.05, 4.69) is 20.6 Å². The minimum atomic E-state index is -0.630. The van der Waals surface area contributed by atoms with Crippen molar-refractivity contribution >= 4 is 17.4 Å². The monoisotopic (exact) mass is 411 g/mol. The van der Waals surface area contributed by atoms with Crippen molar-refractivity contribution in [2.24, 2.45) is 27.7 Å². The molecule has 0 aliphatic carbocycles. The first-order valence-corrected chi connectivity index (χ1v) is 9.49. The van der Waals surface area contributed by atoms with Gasteiger partial charge in [-0.25, -0.2) is 4.79 Å². The van der Waals surface area contributed by atoms with Gasteiger partial charge in [0.15, 0.2) is 5.71 Å². The third kappa shape index (κ3) is 5.17. The van der Waals surface area contributed by atoms with E-state index >= 15 is 0 Å². The number of aromatic nitrogens is 1. The van der Waals surface area contributed by atoms with Gasteiger partial charge in [0.25, 0.3) is 0 Å². The van der Waals surface area contributed by atoms with Crippen molar-refractivity contribution in [3.63, 3.8) is 0 Å². The van der Waals surface area contributed by atoms with Gasteiger partial charge in [0.05, 0.1) is 11.8 Å². The number of hydrazone groups is 2. The molecule has 1 aromatic carbocycles. The number of nitrogens with zero attached hydrogens (tertiary/aromatic N) is 3. The molecule has 1 aliphatic heterocycles. The van der Waals surface area contributed by atoms with E-state index < -0.39 is 5.97 Å². The molecule has 7 N–H and O–H groups in total. The predicted octanol–water partition coefficient (Wildman–Crippen LogP) is 0.00960. The van der Waals surface area contributed by atoms with Crippen LogP contribution in [0.5, 0.6) is 0 Å². The normalized spacial score (nSPS) is 20.0. The molecule has 2 unspecified atom stereocenters. The highest BCUT2D eigenvalue weighted by Crippen LogP contribution is 2.15. The van der Waals surface area contributed by atoms with Crippen molar-refractivity contribution < 1.29 is 14.3 Å². The molecule has 0 bridgehead atoms. The third-order valence-corrected chi connectivity index (χ3v) is 4.79. The number of nitrogens with one attached hydrogen (secondary N) is 1. The lowest BCUT2D eigenvalue weighted by molar-refractivity contribution is -0.141. The maximum atomic E-state index is 12.5. The number of hydrazine groups is 1. The number of hydrogen-bond donors (Lipinski definition) is 4. The molecule has 0 amide bonds. The molecule has 158 valence electrons. The van der Waals surface area contributed by atoms with Crippen LogP contribution in [0.25, 0.3) is 0 Å². The summed E-state index contributed by atoms with van der Waals surface area (Å²) in [6.45, 7) is 0.648. The zero-order chi connectivity index (χ0) is 21.3. The number of benzene rings is 1. The van der Waals surface area contributed by atoms with Gasteiger partial charge in [0.1, 0.15) is 12.3 Å². The largest absolute Gasteiger partial charge is 0.458 e. The minimum absolute atomic E-state index is 0.00920. The summed E-state index contributed by atoms with van der Waals surface area (Å²) in [4.78, 5) is 16.7. The first-order valence-electron chi connectivity index (χ1n) is 9.49. The van der Waals surface area contributed by atoms with E-state index in [-0.39, 0.29) is 24.5 Å². The Bertz CT molecular complexity index is 900. The number of pyridine rings is 1. The maximum absolute atomic E-state index is 12.5. The van der Waals surface area contributed by atoms with Crippen molar-refractivity contribution in [2.45, 2.75) is 25.0 Å². The predicted molar refractivity (Wildman–Crippen MR) is 112 cm³/mol. The number of carbonyl (C=O) groups excluding carboxylic acids is 1.